The van der Waals surface area contributed by atoms with Crippen molar-refractivity contribution in [2.45, 2.75) is 128 Å². The van der Waals surface area contributed by atoms with E-state index in [9.17, 15) is 24.0 Å². The summed E-state index contributed by atoms with van der Waals surface area (Å²) in [5.74, 6) is -2.85. The van der Waals surface area contributed by atoms with Crippen LogP contribution in [0.25, 0.3) is 0 Å². The summed E-state index contributed by atoms with van der Waals surface area (Å²) >= 11 is 0. The lowest BCUT2D eigenvalue weighted by Crippen LogP contribution is -2.60. The summed E-state index contributed by atoms with van der Waals surface area (Å²) in [4.78, 5) is 71.2. The monoisotopic (exact) mass is 742 g/mol. The molecule has 3 rings (SSSR count). The molecule has 298 valence electrons. The Morgan fingerprint density at radius 1 is 0.962 bits per heavy atom. The van der Waals surface area contributed by atoms with E-state index in [1.807, 2.05) is 70.0 Å². The van der Waals surface area contributed by atoms with E-state index >= 15 is 0 Å². The summed E-state index contributed by atoms with van der Waals surface area (Å²) in [6.07, 6.45) is 1.43. The molecule has 13 nitrogen and oxygen atoms in total. The van der Waals surface area contributed by atoms with E-state index in [1.165, 1.54) is 7.11 Å². The van der Waals surface area contributed by atoms with Gasteiger partial charge in [-0.3, -0.25) is 34.2 Å². The van der Waals surface area contributed by atoms with Gasteiger partial charge in [-0.1, -0.05) is 85.2 Å². The Bertz CT molecular complexity index is 1410. The van der Waals surface area contributed by atoms with Crippen LogP contribution in [0.1, 0.15) is 92.1 Å². The lowest BCUT2D eigenvalue weighted by molar-refractivity contribution is -0.144. The highest BCUT2D eigenvalue weighted by Gasteiger charge is 2.61. The Balaban J connectivity index is 1.79. The van der Waals surface area contributed by atoms with Crippen LogP contribution in [0.4, 0.5) is 0 Å². The van der Waals surface area contributed by atoms with E-state index in [-0.39, 0.29) is 59.9 Å². The van der Waals surface area contributed by atoms with Crippen LogP contribution in [0.2, 0.25) is 0 Å². The highest BCUT2D eigenvalue weighted by Crippen LogP contribution is 2.51. The van der Waals surface area contributed by atoms with Gasteiger partial charge in [0.05, 0.1) is 42.7 Å². The number of benzene rings is 1. The fraction of sp³-hybridized carbons (Fsp3) is 0.725. The number of nitrogens with two attached hydrogens (primary N) is 1. The Morgan fingerprint density at radius 2 is 1.60 bits per heavy atom. The number of amides is 5. The number of carbonyl (C=O) groups is 5. The number of likely N-dealkylation sites (tertiary alicyclic amines) is 1. The Labute approximate surface area is 316 Å². The van der Waals surface area contributed by atoms with Crippen LogP contribution in [0.15, 0.2) is 30.3 Å². The average Bonchev–Trinajstić information content (AvgIpc) is 3.64. The Hall–Kier alpha value is -3.39. The van der Waals surface area contributed by atoms with Gasteiger partial charge >= 0.3 is 0 Å². The van der Waals surface area contributed by atoms with E-state index in [0.717, 1.165) is 18.4 Å². The number of primary amides is 1. The standard InChI is InChI=1S/C40H66N6O7/c1-12-25(6)34(45(9)33(24(4)5)38(50)43-37(49)32(42-8)23(2)3)30(52-10)21-31(47)46-20-16-19-29(46)35(53-11)26(7)36(48)44-40(39(41)51)22-28(40)27-17-14-13-15-18-27/h13-15,17-18,23-26,28-30,32-35,42H,12,16,19-22H2,1-11H3,(H2,41,51)(H,44,48)(H,43,49,50)/t25-,26+,28+,29-,30+,32-,33-,34-,35+,40-/m0/s1. The molecule has 10 atom stereocenters. The van der Waals surface area contributed by atoms with Gasteiger partial charge in [0.25, 0.3) is 0 Å². The summed E-state index contributed by atoms with van der Waals surface area (Å²) in [6.45, 7) is 14.1. The summed E-state index contributed by atoms with van der Waals surface area (Å²) in [6, 6.07) is 7.64. The van der Waals surface area contributed by atoms with E-state index < -0.39 is 47.6 Å². The highest BCUT2D eigenvalue weighted by atomic mass is 16.5. The van der Waals surface area contributed by atoms with Crippen LogP contribution in [0, 0.1) is 23.7 Å². The van der Waals surface area contributed by atoms with Gasteiger partial charge in [-0.25, -0.2) is 0 Å². The summed E-state index contributed by atoms with van der Waals surface area (Å²) < 4.78 is 12.0. The van der Waals surface area contributed by atoms with Crippen LogP contribution in [-0.2, 0) is 33.4 Å². The smallest absolute Gasteiger partial charge is 0.244 e. The highest BCUT2D eigenvalue weighted by molar-refractivity contribution is 6.00. The largest absolute Gasteiger partial charge is 0.379 e. The third kappa shape index (κ3) is 10.0. The Morgan fingerprint density at radius 3 is 2.11 bits per heavy atom. The maximum absolute atomic E-state index is 14.2. The molecule has 5 N–H and O–H groups in total. The zero-order valence-electron chi connectivity index (χ0n) is 33.8. The zero-order valence-corrected chi connectivity index (χ0v) is 33.8. The SMILES string of the molecule is CC[C@H](C)[C@@H]([C@@H](CC(=O)N1CCC[C@H]1[C@H](OC)[C@@H](C)C(=O)N[C@@]1(C(N)=O)C[C@@H]1c1ccccc1)OC)N(C)[C@H](C(=O)NC(=O)[C@@H](NC)C(C)C)C(C)C. The van der Waals surface area contributed by atoms with Gasteiger partial charge in [-0.15, -0.1) is 0 Å². The first-order valence-corrected chi connectivity index (χ1v) is 19.3. The van der Waals surface area contributed by atoms with Crippen LogP contribution >= 0.6 is 0 Å². The maximum atomic E-state index is 14.2. The van der Waals surface area contributed by atoms with Gasteiger partial charge in [0, 0.05) is 32.7 Å². The molecule has 2 fully saturated rings. The summed E-state index contributed by atoms with van der Waals surface area (Å²) in [7, 11) is 6.68. The molecule has 1 aliphatic carbocycles. The summed E-state index contributed by atoms with van der Waals surface area (Å²) in [5.41, 5.74) is 5.62. The van der Waals surface area contributed by atoms with Crippen LogP contribution in [0.5, 0.6) is 0 Å². The third-order valence-electron chi connectivity index (χ3n) is 11.7. The second-order valence-corrected chi connectivity index (χ2v) is 15.9. The molecule has 2 aliphatic rings. The molecule has 1 saturated heterocycles. The van der Waals surface area contributed by atoms with E-state index in [0.29, 0.717) is 19.4 Å². The number of likely N-dealkylation sites (N-methyl/N-ethyl adjacent to an activating group) is 2. The number of ether oxygens (including phenoxy) is 2. The first-order chi connectivity index (χ1) is 25.0. The number of methoxy groups -OCH3 is 2. The first-order valence-electron chi connectivity index (χ1n) is 19.3. The molecule has 0 aromatic heterocycles. The molecule has 1 aromatic carbocycles. The van der Waals surface area contributed by atoms with Crippen molar-refractivity contribution in [3.8, 4) is 0 Å². The lowest BCUT2D eigenvalue weighted by atomic mass is 9.87. The van der Waals surface area contributed by atoms with E-state index in [1.54, 1.807) is 26.0 Å². The molecule has 53 heavy (non-hydrogen) atoms. The number of nitrogens with zero attached hydrogens (tertiary/aromatic N) is 2. The predicted octanol–water partition coefficient (Wildman–Crippen LogP) is 2.82. The van der Waals surface area contributed by atoms with Gasteiger partial charge < -0.3 is 30.7 Å². The number of rotatable bonds is 20. The zero-order chi connectivity index (χ0) is 39.8. The fourth-order valence-electron chi connectivity index (χ4n) is 8.53. The number of hydrogen-bond acceptors (Lipinski definition) is 9. The lowest BCUT2D eigenvalue weighted by Gasteiger charge is -2.43. The van der Waals surface area contributed by atoms with Crippen molar-refractivity contribution < 1.29 is 33.4 Å². The van der Waals surface area contributed by atoms with Gasteiger partial charge in [0.2, 0.25) is 29.5 Å². The van der Waals surface area contributed by atoms with Crippen molar-refractivity contribution in [1.29, 1.82) is 0 Å². The average molecular weight is 743 g/mol. The number of nitrogens with one attached hydrogen (secondary N) is 3. The van der Waals surface area contributed by atoms with Crippen molar-refractivity contribution in [2.75, 3.05) is 34.9 Å². The minimum Gasteiger partial charge on any atom is -0.379 e. The molecule has 0 radical (unpaired) electrons. The van der Waals surface area contributed by atoms with Crippen molar-refractivity contribution in [3.63, 3.8) is 0 Å². The van der Waals surface area contributed by atoms with Crippen LogP contribution in [-0.4, -0.2) is 116 Å². The molecular formula is C40H66N6O7. The molecule has 5 amide bonds. The Kier molecular flexibility index (Phi) is 16.0. The van der Waals surface area contributed by atoms with Crippen molar-refractivity contribution in [2.24, 2.45) is 29.4 Å². The molecule has 1 aliphatic heterocycles. The van der Waals surface area contributed by atoms with E-state index in [4.69, 9.17) is 15.2 Å². The van der Waals surface area contributed by atoms with Gasteiger partial charge in [-0.05, 0) is 56.7 Å². The number of carbonyl (C=O) groups excluding carboxylic acids is 5. The second kappa shape index (κ2) is 19.3. The topological polar surface area (TPSA) is 172 Å². The number of imide groups is 1. The molecule has 0 unspecified atom stereocenters. The third-order valence-corrected chi connectivity index (χ3v) is 11.7. The van der Waals surface area contributed by atoms with Gasteiger partial charge in [-0.2, -0.15) is 0 Å². The second-order valence-electron chi connectivity index (χ2n) is 15.9. The van der Waals surface area contributed by atoms with Gasteiger partial charge in [0.1, 0.15) is 5.54 Å². The molecule has 1 aromatic rings. The van der Waals surface area contributed by atoms with Crippen LogP contribution in [0.3, 0.4) is 0 Å². The predicted molar refractivity (Wildman–Crippen MR) is 204 cm³/mol. The van der Waals surface area contributed by atoms with Crippen molar-refractivity contribution in [1.82, 2.24) is 25.8 Å². The minimum atomic E-state index is -1.17. The quantitative estimate of drug-likeness (QED) is 0.157. The molecular weight excluding hydrogens is 676 g/mol. The fourth-order valence-corrected chi connectivity index (χ4v) is 8.53. The minimum absolute atomic E-state index is 0.0127. The van der Waals surface area contributed by atoms with E-state index in [2.05, 4.69) is 29.8 Å². The normalized spacial score (nSPS) is 23.9. The van der Waals surface area contributed by atoms with Crippen molar-refractivity contribution in [3.05, 3.63) is 35.9 Å². The molecule has 0 spiro atoms. The molecule has 1 saturated carbocycles. The summed E-state index contributed by atoms with van der Waals surface area (Å²) in [5, 5.41) is 8.59. The maximum Gasteiger partial charge on any atom is 0.244 e. The number of hydrogen-bond donors (Lipinski definition) is 4. The van der Waals surface area contributed by atoms with Crippen molar-refractivity contribution >= 4 is 29.5 Å². The first kappa shape index (κ1) is 44.0. The van der Waals surface area contributed by atoms with Crippen LogP contribution < -0.4 is 21.7 Å². The molecule has 0 bridgehead atoms. The molecule has 13 heteroatoms. The van der Waals surface area contributed by atoms with Gasteiger partial charge in [0.15, 0.2) is 0 Å². The molecule has 1 heterocycles.